The monoisotopic (exact) mass is 223 g/mol. The van der Waals surface area contributed by atoms with Crippen molar-refractivity contribution in [1.29, 1.82) is 0 Å². The van der Waals surface area contributed by atoms with Gasteiger partial charge in [-0.05, 0) is 23.8 Å². The van der Waals surface area contributed by atoms with Crippen molar-refractivity contribution in [3.8, 4) is 0 Å². The Kier molecular flexibility index (Phi) is 3.55. The molecule has 0 spiro atoms. The van der Waals surface area contributed by atoms with E-state index in [1.807, 2.05) is 13.8 Å². The minimum Gasteiger partial charge on any atom is -0.383 e. The van der Waals surface area contributed by atoms with Gasteiger partial charge in [-0.15, -0.1) is 0 Å². The average molecular weight is 223 g/mol. The number of hydrogen-bond acceptors (Lipinski definition) is 3. The lowest BCUT2D eigenvalue weighted by atomic mass is 9.76. The molecule has 4 heteroatoms. The third kappa shape index (κ3) is 2.18. The quantitative estimate of drug-likeness (QED) is 0.249. The van der Waals surface area contributed by atoms with E-state index >= 15 is 0 Å². The van der Waals surface area contributed by atoms with E-state index in [-0.39, 0.29) is 5.41 Å². The summed E-state index contributed by atoms with van der Waals surface area (Å²) in [5.41, 5.74) is -0.307. The molecule has 1 saturated carbocycles. The summed E-state index contributed by atoms with van der Waals surface area (Å²) in [6, 6.07) is 0. The third-order valence-corrected chi connectivity index (χ3v) is 3.49. The Balaban J connectivity index is 2.80. The first-order chi connectivity index (χ1) is 7.33. The molecule has 1 aliphatic carbocycles. The van der Waals surface area contributed by atoms with Crippen LogP contribution < -0.4 is 5.84 Å². The molecule has 0 radical (unpaired) electrons. The van der Waals surface area contributed by atoms with Gasteiger partial charge in [-0.25, -0.2) is 10.8 Å². The predicted octanol–water partition coefficient (Wildman–Crippen LogP) is 1.44. The van der Waals surface area contributed by atoms with Crippen LogP contribution in [-0.2, 0) is 0 Å². The van der Waals surface area contributed by atoms with E-state index in [1.165, 1.54) is 17.5 Å². The van der Waals surface area contributed by atoms with Crippen molar-refractivity contribution in [2.24, 2.45) is 16.3 Å². The fourth-order valence-electron chi connectivity index (χ4n) is 2.12. The van der Waals surface area contributed by atoms with Gasteiger partial charge >= 0.3 is 0 Å². The second-order valence-corrected chi connectivity index (χ2v) is 4.97. The normalized spacial score (nSPS) is 28.6. The summed E-state index contributed by atoms with van der Waals surface area (Å²) in [6.45, 7) is 11.8. The van der Waals surface area contributed by atoms with Crippen LogP contribution in [0.25, 0.3) is 0 Å². The smallest absolute Gasteiger partial charge is 0.109 e. The van der Waals surface area contributed by atoms with E-state index in [4.69, 9.17) is 5.84 Å². The lowest BCUT2D eigenvalue weighted by molar-refractivity contribution is -0.0276. The van der Waals surface area contributed by atoms with Crippen molar-refractivity contribution in [3.63, 3.8) is 0 Å². The maximum atomic E-state index is 10.6. The predicted molar refractivity (Wildman–Crippen MR) is 66.7 cm³/mol. The summed E-state index contributed by atoms with van der Waals surface area (Å²) in [7, 11) is 0. The minimum atomic E-state index is -0.949. The number of nitrogens with zero attached hydrogens (tertiary/aromatic N) is 2. The largest absolute Gasteiger partial charge is 0.383 e. The maximum absolute atomic E-state index is 10.6. The fraction of sp³-hybridized carbons (Fsp3) is 0.583. The van der Waals surface area contributed by atoms with Crippen molar-refractivity contribution in [3.05, 3.63) is 24.9 Å². The number of hydrogen-bond donors (Lipinski definition) is 2. The molecule has 0 aromatic carbocycles. The summed E-state index contributed by atoms with van der Waals surface area (Å²) in [4.78, 5) is 3.82. The van der Waals surface area contributed by atoms with Gasteiger partial charge in [0, 0.05) is 6.20 Å². The van der Waals surface area contributed by atoms with Crippen LogP contribution in [0.15, 0.2) is 29.9 Å². The summed E-state index contributed by atoms with van der Waals surface area (Å²) < 4.78 is 0. The van der Waals surface area contributed by atoms with Crippen LogP contribution in [0, 0.1) is 5.41 Å². The molecule has 1 atom stereocenters. The van der Waals surface area contributed by atoms with Crippen molar-refractivity contribution in [2.75, 3.05) is 6.54 Å². The third-order valence-electron chi connectivity index (χ3n) is 3.49. The number of hydrazine groups is 1. The molecular weight excluding hydrogens is 202 g/mol. The summed E-state index contributed by atoms with van der Waals surface area (Å²) in [6.07, 6.45) is 4.62. The molecule has 0 aromatic rings. The lowest BCUT2D eigenvalue weighted by Crippen LogP contribution is -2.52. The molecule has 0 aromatic heterocycles. The number of aliphatic hydroxyl groups is 1. The van der Waals surface area contributed by atoms with Crippen molar-refractivity contribution < 1.29 is 5.11 Å². The molecule has 3 N–H and O–H groups in total. The Labute approximate surface area is 97.1 Å². The molecule has 0 bridgehead atoms. The zero-order chi connectivity index (χ0) is 12.4. The van der Waals surface area contributed by atoms with Crippen LogP contribution >= 0.6 is 0 Å². The zero-order valence-corrected chi connectivity index (χ0v) is 10.1. The topological polar surface area (TPSA) is 61.8 Å². The Bertz CT molecular complexity index is 322. The lowest BCUT2D eigenvalue weighted by Gasteiger charge is -2.39. The van der Waals surface area contributed by atoms with E-state index in [2.05, 4.69) is 18.2 Å². The Hall–Kier alpha value is -1.13. The first kappa shape index (κ1) is 12.9. The zero-order valence-electron chi connectivity index (χ0n) is 10.1. The van der Waals surface area contributed by atoms with Crippen LogP contribution in [0.5, 0.6) is 0 Å². The standard InChI is InChI=1S/C12H21N3O/c1-5-14-9-15(13)8-12(16)10(2)6-7-11(12,3)4/h5,9,16H,1-2,6-8,13H2,3-4H3. The molecule has 1 fully saturated rings. The fourth-order valence-corrected chi connectivity index (χ4v) is 2.12. The highest BCUT2D eigenvalue weighted by atomic mass is 16.3. The van der Waals surface area contributed by atoms with E-state index in [0.717, 1.165) is 18.4 Å². The first-order valence-corrected chi connectivity index (χ1v) is 5.40. The second kappa shape index (κ2) is 4.39. The first-order valence-electron chi connectivity index (χ1n) is 5.40. The molecule has 0 aliphatic heterocycles. The number of aliphatic imine (C=N–C) groups is 1. The van der Waals surface area contributed by atoms with Gasteiger partial charge in [-0.3, -0.25) is 5.01 Å². The van der Waals surface area contributed by atoms with Gasteiger partial charge < -0.3 is 5.11 Å². The van der Waals surface area contributed by atoms with Crippen LogP contribution in [0.4, 0.5) is 0 Å². The molecule has 0 heterocycles. The Morgan fingerprint density at radius 2 is 2.25 bits per heavy atom. The summed E-state index contributed by atoms with van der Waals surface area (Å²) >= 11 is 0. The molecule has 90 valence electrons. The summed E-state index contributed by atoms with van der Waals surface area (Å²) in [5.74, 6) is 5.74. The van der Waals surface area contributed by atoms with Gasteiger partial charge in [0.25, 0.3) is 0 Å². The van der Waals surface area contributed by atoms with E-state index < -0.39 is 5.60 Å². The SMILES string of the molecule is C=CN=CN(N)CC1(O)C(=C)CCC1(C)C. The molecule has 0 amide bonds. The average Bonchev–Trinajstić information content (AvgIpc) is 2.39. The van der Waals surface area contributed by atoms with E-state index in [1.54, 1.807) is 0 Å². The highest BCUT2D eigenvalue weighted by Crippen LogP contribution is 2.48. The van der Waals surface area contributed by atoms with Crippen molar-refractivity contribution >= 4 is 6.34 Å². The minimum absolute atomic E-state index is 0.205. The van der Waals surface area contributed by atoms with Crippen LogP contribution in [0.1, 0.15) is 26.7 Å². The van der Waals surface area contributed by atoms with Crippen molar-refractivity contribution in [2.45, 2.75) is 32.3 Å². The van der Waals surface area contributed by atoms with E-state index in [0.29, 0.717) is 6.54 Å². The molecule has 1 rings (SSSR count). The Morgan fingerprint density at radius 3 is 2.69 bits per heavy atom. The van der Waals surface area contributed by atoms with Gasteiger partial charge in [0.1, 0.15) is 11.9 Å². The van der Waals surface area contributed by atoms with E-state index in [9.17, 15) is 5.11 Å². The molecule has 4 nitrogen and oxygen atoms in total. The molecule has 0 saturated heterocycles. The highest BCUT2D eigenvalue weighted by molar-refractivity contribution is 5.55. The number of nitrogens with two attached hydrogens (primary N) is 1. The van der Waals surface area contributed by atoms with Crippen molar-refractivity contribution in [1.82, 2.24) is 5.01 Å². The second-order valence-electron chi connectivity index (χ2n) is 4.97. The van der Waals surface area contributed by atoms with Gasteiger partial charge in [0.15, 0.2) is 0 Å². The molecule has 1 unspecified atom stereocenters. The van der Waals surface area contributed by atoms with Gasteiger partial charge in [-0.1, -0.05) is 27.0 Å². The van der Waals surface area contributed by atoms with Crippen LogP contribution in [-0.4, -0.2) is 28.6 Å². The Morgan fingerprint density at radius 1 is 1.62 bits per heavy atom. The molecule has 1 aliphatic rings. The van der Waals surface area contributed by atoms with Gasteiger partial charge in [-0.2, -0.15) is 0 Å². The molecular formula is C12H21N3O. The van der Waals surface area contributed by atoms with Gasteiger partial charge in [0.05, 0.1) is 6.54 Å². The maximum Gasteiger partial charge on any atom is 0.109 e. The molecule has 16 heavy (non-hydrogen) atoms. The number of rotatable bonds is 4. The van der Waals surface area contributed by atoms with Crippen LogP contribution in [0.3, 0.4) is 0 Å². The summed E-state index contributed by atoms with van der Waals surface area (Å²) in [5, 5.41) is 12.0. The highest BCUT2D eigenvalue weighted by Gasteiger charge is 2.50. The van der Waals surface area contributed by atoms with Crippen LogP contribution in [0.2, 0.25) is 0 Å². The van der Waals surface area contributed by atoms with Gasteiger partial charge in [0.2, 0.25) is 0 Å².